The smallest absolute Gasteiger partial charge is 0.218 e. The van der Waals surface area contributed by atoms with Crippen LogP contribution in [0.5, 0.6) is 0 Å². The summed E-state index contributed by atoms with van der Waals surface area (Å²) in [6, 6.07) is 0.506. The van der Waals surface area contributed by atoms with Gasteiger partial charge in [0.1, 0.15) is 0 Å². The monoisotopic (exact) mass is 226 g/mol. The van der Waals surface area contributed by atoms with Crippen molar-refractivity contribution in [3.8, 4) is 0 Å². The van der Waals surface area contributed by atoms with Crippen LogP contribution in [0.15, 0.2) is 0 Å². The summed E-state index contributed by atoms with van der Waals surface area (Å²) in [5.41, 5.74) is 5.28. The minimum Gasteiger partial charge on any atom is -0.375 e. The van der Waals surface area contributed by atoms with Crippen LogP contribution in [0.3, 0.4) is 0 Å². The Balaban J connectivity index is 1.76. The van der Waals surface area contributed by atoms with Gasteiger partial charge in [-0.05, 0) is 25.7 Å². The van der Waals surface area contributed by atoms with Crippen LogP contribution in [0, 0.1) is 0 Å². The van der Waals surface area contributed by atoms with Crippen molar-refractivity contribution in [3.63, 3.8) is 0 Å². The first kappa shape index (κ1) is 11.9. The minimum atomic E-state index is -0.227. The second-order valence-corrected chi connectivity index (χ2v) is 5.10. The third-order valence-corrected chi connectivity index (χ3v) is 3.81. The molecule has 16 heavy (non-hydrogen) atoms. The van der Waals surface area contributed by atoms with Gasteiger partial charge in [0.15, 0.2) is 0 Å². The zero-order valence-electron chi connectivity index (χ0n) is 9.84. The highest BCUT2D eigenvalue weighted by Gasteiger charge is 2.39. The lowest BCUT2D eigenvalue weighted by atomic mass is 9.89. The largest absolute Gasteiger partial charge is 0.375 e. The van der Waals surface area contributed by atoms with Crippen molar-refractivity contribution in [2.45, 2.75) is 56.6 Å². The van der Waals surface area contributed by atoms with Gasteiger partial charge < -0.3 is 15.8 Å². The molecule has 0 bridgehead atoms. The SMILES string of the molecule is NC(=O)CCNC1CCOC2(CCCC2)C1. The molecule has 0 aromatic heterocycles. The van der Waals surface area contributed by atoms with Crippen LogP contribution in [0.2, 0.25) is 0 Å². The highest BCUT2D eigenvalue weighted by molar-refractivity contribution is 5.73. The third-order valence-electron chi connectivity index (χ3n) is 3.81. The summed E-state index contributed by atoms with van der Waals surface area (Å²) in [5.74, 6) is -0.227. The van der Waals surface area contributed by atoms with Gasteiger partial charge in [0.25, 0.3) is 0 Å². The highest BCUT2D eigenvalue weighted by Crippen LogP contribution is 2.39. The number of hydrogen-bond donors (Lipinski definition) is 2. The summed E-state index contributed by atoms with van der Waals surface area (Å²) in [7, 11) is 0. The molecule has 1 spiro atoms. The summed E-state index contributed by atoms with van der Waals surface area (Å²) in [6.07, 6.45) is 7.61. The summed E-state index contributed by atoms with van der Waals surface area (Å²) in [6.45, 7) is 1.56. The lowest BCUT2D eigenvalue weighted by molar-refractivity contribution is -0.118. The summed E-state index contributed by atoms with van der Waals surface area (Å²) in [5, 5.41) is 3.42. The fraction of sp³-hybridized carbons (Fsp3) is 0.917. The number of primary amides is 1. The van der Waals surface area contributed by atoms with Gasteiger partial charge in [0.05, 0.1) is 5.60 Å². The minimum absolute atomic E-state index is 0.155. The highest BCUT2D eigenvalue weighted by atomic mass is 16.5. The number of carbonyl (C=O) groups excluding carboxylic acids is 1. The fourth-order valence-corrected chi connectivity index (χ4v) is 2.97. The van der Waals surface area contributed by atoms with Crippen LogP contribution in [-0.4, -0.2) is 30.7 Å². The van der Waals surface area contributed by atoms with Crippen LogP contribution in [0.25, 0.3) is 0 Å². The molecule has 0 aromatic rings. The van der Waals surface area contributed by atoms with Crippen LogP contribution in [0.1, 0.15) is 44.9 Å². The standard InChI is InChI=1S/C12H22N2O2/c13-11(15)3-7-14-10-4-8-16-12(9-10)5-1-2-6-12/h10,14H,1-9H2,(H2,13,15). The van der Waals surface area contributed by atoms with Crippen molar-refractivity contribution >= 4 is 5.91 Å². The molecule has 1 unspecified atom stereocenters. The summed E-state index contributed by atoms with van der Waals surface area (Å²) < 4.78 is 5.95. The number of nitrogens with two attached hydrogens (primary N) is 1. The Morgan fingerprint density at radius 3 is 2.88 bits per heavy atom. The Kier molecular flexibility index (Phi) is 3.82. The molecule has 92 valence electrons. The van der Waals surface area contributed by atoms with E-state index in [9.17, 15) is 4.79 Å². The molecule has 2 fully saturated rings. The van der Waals surface area contributed by atoms with Crippen molar-refractivity contribution in [2.24, 2.45) is 5.73 Å². The maximum Gasteiger partial charge on any atom is 0.218 e. The number of nitrogens with one attached hydrogen (secondary N) is 1. The van der Waals surface area contributed by atoms with E-state index in [1.54, 1.807) is 0 Å². The first-order chi connectivity index (χ1) is 7.70. The molecule has 1 saturated carbocycles. The number of carbonyl (C=O) groups is 1. The molecule has 1 aliphatic carbocycles. The van der Waals surface area contributed by atoms with E-state index in [0.29, 0.717) is 19.0 Å². The molecule has 2 rings (SSSR count). The second kappa shape index (κ2) is 5.15. The van der Waals surface area contributed by atoms with E-state index in [1.807, 2.05) is 0 Å². The van der Waals surface area contributed by atoms with Crippen molar-refractivity contribution in [1.29, 1.82) is 0 Å². The van der Waals surface area contributed by atoms with Crippen LogP contribution in [-0.2, 0) is 9.53 Å². The number of rotatable bonds is 4. The Morgan fingerprint density at radius 2 is 2.19 bits per heavy atom. The van der Waals surface area contributed by atoms with Crippen LogP contribution >= 0.6 is 0 Å². The van der Waals surface area contributed by atoms with E-state index >= 15 is 0 Å². The topological polar surface area (TPSA) is 64.4 Å². The Bertz CT molecular complexity index is 249. The predicted octanol–water partition coefficient (Wildman–Crippen LogP) is 0.943. The molecule has 3 N–H and O–H groups in total. The number of ether oxygens (including phenoxy) is 1. The molecule has 4 heteroatoms. The van der Waals surface area contributed by atoms with E-state index in [2.05, 4.69) is 5.32 Å². The Morgan fingerprint density at radius 1 is 1.44 bits per heavy atom. The average Bonchev–Trinajstić information content (AvgIpc) is 2.66. The quantitative estimate of drug-likeness (QED) is 0.750. The van der Waals surface area contributed by atoms with Crippen LogP contribution < -0.4 is 11.1 Å². The number of hydrogen-bond acceptors (Lipinski definition) is 3. The molecule has 4 nitrogen and oxygen atoms in total. The van der Waals surface area contributed by atoms with Gasteiger partial charge in [-0.2, -0.15) is 0 Å². The van der Waals surface area contributed by atoms with Gasteiger partial charge in [-0.25, -0.2) is 0 Å². The van der Waals surface area contributed by atoms with Gasteiger partial charge in [0, 0.05) is 25.6 Å². The molecule has 0 aromatic carbocycles. The zero-order valence-corrected chi connectivity index (χ0v) is 9.84. The molecule has 1 heterocycles. The molecule has 2 aliphatic rings. The Labute approximate surface area is 96.9 Å². The van der Waals surface area contributed by atoms with Gasteiger partial charge in [-0.15, -0.1) is 0 Å². The summed E-state index contributed by atoms with van der Waals surface area (Å²) in [4.78, 5) is 10.6. The van der Waals surface area contributed by atoms with Gasteiger partial charge >= 0.3 is 0 Å². The van der Waals surface area contributed by atoms with Crippen molar-refractivity contribution < 1.29 is 9.53 Å². The Hall–Kier alpha value is -0.610. The lowest BCUT2D eigenvalue weighted by Gasteiger charge is -2.38. The van der Waals surface area contributed by atoms with Crippen molar-refractivity contribution in [1.82, 2.24) is 5.32 Å². The summed E-state index contributed by atoms with van der Waals surface area (Å²) >= 11 is 0. The predicted molar refractivity (Wildman–Crippen MR) is 62.0 cm³/mol. The molecular formula is C12H22N2O2. The first-order valence-corrected chi connectivity index (χ1v) is 6.36. The van der Waals surface area contributed by atoms with E-state index in [-0.39, 0.29) is 11.5 Å². The van der Waals surface area contributed by atoms with Crippen molar-refractivity contribution in [2.75, 3.05) is 13.2 Å². The maximum atomic E-state index is 10.6. The van der Waals surface area contributed by atoms with Crippen LogP contribution in [0.4, 0.5) is 0 Å². The molecule has 1 saturated heterocycles. The molecule has 1 aliphatic heterocycles. The number of amides is 1. The normalized spacial score (nSPS) is 28.4. The second-order valence-electron chi connectivity index (χ2n) is 5.10. The van der Waals surface area contributed by atoms with Gasteiger partial charge in [0.2, 0.25) is 5.91 Å². The van der Waals surface area contributed by atoms with Gasteiger partial charge in [-0.3, -0.25) is 4.79 Å². The first-order valence-electron chi connectivity index (χ1n) is 6.36. The average molecular weight is 226 g/mol. The van der Waals surface area contributed by atoms with E-state index in [0.717, 1.165) is 19.4 Å². The molecule has 1 atom stereocenters. The van der Waals surface area contributed by atoms with Gasteiger partial charge in [-0.1, -0.05) is 12.8 Å². The maximum absolute atomic E-state index is 10.6. The van der Waals surface area contributed by atoms with E-state index in [1.165, 1.54) is 25.7 Å². The zero-order chi connectivity index (χ0) is 11.4. The fourth-order valence-electron chi connectivity index (χ4n) is 2.97. The molecular weight excluding hydrogens is 204 g/mol. The molecule has 1 amide bonds. The molecule has 0 radical (unpaired) electrons. The third kappa shape index (κ3) is 2.95. The lowest BCUT2D eigenvalue weighted by Crippen LogP contribution is -2.46. The van der Waals surface area contributed by atoms with E-state index < -0.39 is 0 Å². The van der Waals surface area contributed by atoms with Crippen molar-refractivity contribution in [3.05, 3.63) is 0 Å². The van der Waals surface area contributed by atoms with E-state index in [4.69, 9.17) is 10.5 Å².